The average molecular weight is 193 g/mol. The first kappa shape index (κ1) is 9.91. The molecular formula is C12H19NO. The molecule has 2 bridgehead atoms. The van der Waals surface area contributed by atoms with E-state index in [1.165, 1.54) is 18.4 Å². The van der Waals surface area contributed by atoms with E-state index in [0.29, 0.717) is 17.9 Å². The quantitative estimate of drug-likeness (QED) is 0.626. The van der Waals surface area contributed by atoms with Crippen molar-refractivity contribution in [2.24, 2.45) is 0 Å². The van der Waals surface area contributed by atoms with Crippen LogP contribution in [0.4, 0.5) is 0 Å². The topological polar surface area (TPSA) is 20.3 Å². The number of carbonyl (C=O) groups is 1. The lowest BCUT2D eigenvalue weighted by Gasteiger charge is -2.33. The SMILES string of the molecule is CC(C)=CCN1[C@@H]2CC[C@H]1CC(=O)C2. The molecule has 2 heteroatoms. The molecule has 2 rings (SSSR count). The van der Waals surface area contributed by atoms with Crippen molar-refractivity contribution in [1.29, 1.82) is 0 Å². The number of hydrogen-bond donors (Lipinski definition) is 0. The van der Waals surface area contributed by atoms with Gasteiger partial charge in [-0.15, -0.1) is 0 Å². The van der Waals surface area contributed by atoms with Gasteiger partial charge in [-0.05, 0) is 26.7 Å². The Kier molecular flexibility index (Phi) is 2.73. The van der Waals surface area contributed by atoms with Crippen LogP contribution in [0.3, 0.4) is 0 Å². The summed E-state index contributed by atoms with van der Waals surface area (Å²) in [5, 5.41) is 0. The molecule has 2 aliphatic rings. The number of allylic oxidation sites excluding steroid dienone is 1. The van der Waals surface area contributed by atoms with Gasteiger partial charge in [-0.3, -0.25) is 9.69 Å². The summed E-state index contributed by atoms with van der Waals surface area (Å²) in [4.78, 5) is 13.9. The van der Waals surface area contributed by atoms with Crippen LogP contribution in [0.5, 0.6) is 0 Å². The Labute approximate surface area is 86.0 Å². The second-order valence-electron chi connectivity index (χ2n) is 4.81. The highest BCUT2D eigenvalue weighted by Gasteiger charge is 2.39. The Bertz CT molecular complexity index is 249. The van der Waals surface area contributed by atoms with Crippen molar-refractivity contribution in [2.45, 2.75) is 51.6 Å². The predicted octanol–water partition coefficient (Wildman–Crippen LogP) is 2.15. The molecule has 0 spiro atoms. The fraction of sp³-hybridized carbons (Fsp3) is 0.750. The minimum atomic E-state index is 0.478. The van der Waals surface area contributed by atoms with E-state index in [9.17, 15) is 4.79 Å². The molecule has 2 aliphatic heterocycles. The standard InChI is InChI=1S/C12H19NO/c1-9(2)5-6-13-10-3-4-11(13)8-12(14)7-10/h5,10-11H,3-4,6-8H2,1-2H3/t10-,11+. The molecule has 0 aromatic carbocycles. The molecule has 2 nitrogen and oxygen atoms in total. The molecule has 0 radical (unpaired) electrons. The molecule has 0 N–H and O–H groups in total. The first-order valence-electron chi connectivity index (χ1n) is 5.57. The van der Waals surface area contributed by atoms with E-state index in [1.807, 2.05) is 0 Å². The minimum Gasteiger partial charge on any atom is -0.300 e. The van der Waals surface area contributed by atoms with Crippen molar-refractivity contribution in [3.05, 3.63) is 11.6 Å². The molecule has 0 aromatic rings. The summed E-state index contributed by atoms with van der Waals surface area (Å²) in [6.45, 7) is 5.32. The maximum atomic E-state index is 11.4. The Balaban J connectivity index is 2.00. The first-order valence-corrected chi connectivity index (χ1v) is 5.57. The van der Waals surface area contributed by atoms with Crippen LogP contribution in [-0.2, 0) is 4.79 Å². The van der Waals surface area contributed by atoms with Crippen LogP contribution in [0.1, 0.15) is 39.5 Å². The van der Waals surface area contributed by atoms with Crippen LogP contribution in [-0.4, -0.2) is 29.3 Å². The Hall–Kier alpha value is -0.630. The molecule has 0 aliphatic carbocycles. The molecular weight excluding hydrogens is 174 g/mol. The summed E-state index contributed by atoms with van der Waals surface area (Å²) in [6, 6.07) is 1.11. The fourth-order valence-corrected chi connectivity index (χ4v) is 2.65. The maximum Gasteiger partial charge on any atom is 0.136 e. The van der Waals surface area contributed by atoms with Gasteiger partial charge < -0.3 is 0 Å². The van der Waals surface area contributed by atoms with Crippen molar-refractivity contribution in [3.8, 4) is 0 Å². The lowest BCUT2D eigenvalue weighted by atomic mass is 10.0. The largest absolute Gasteiger partial charge is 0.300 e. The van der Waals surface area contributed by atoms with E-state index in [2.05, 4.69) is 24.8 Å². The summed E-state index contributed by atoms with van der Waals surface area (Å²) in [5.41, 5.74) is 1.38. The third-order valence-corrected chi connectivity index (χ3v) is 3.41. The van der Waals surface area contributed by atoms with Gasteiger partial charge in [0.15, 0.2) is 0 Å². The Morgan fingerprint density at radius 2 is 1.93 bits per heavy atom. The van der Waals surface area contributed by atoms with Crippen LogP contribution in [0, 0.1) is 0 Å². The second kappa shape index (κ2) is 3.85. The average Bonchev–Trinajstić information content (AvgIpc) is 2.34. The molecule has 0 amide bonds. The van der Waals surface area contributed by atoms with E-state index >= 15 is 0 Å². The molecule has 2 heterocycles. The lowest BCUT2D eigenvalue weighted by Crippen LogP contribution is -2.43. The summed E-state index contributed by atoms with van der Waals surface area (Å²) in [5.74, 6) is 0.478. The number of carbonyl (C=O) groups excluding carboxylic acids is 1. The van der Waals surface area contributed by atoms with Gasteiger partial charge in [0.1, 0.15) is 5.78 Å². The second-order valence-corrected chi connectivity index (χ2v) is 4.81. The van der Waals surface area contributed by atoms with Gasteiger partial charge in [0.2, 0.25) is 0 Å². The maximum absolute atomic E-state index is 11.4. The van der Waals surface area contributed by atoms with E-state index < -0.39 is 0 Å². The van der Waals surface area contributed by atoms with E-state index in [-0.39, 0.29) is 0 Å². The zero-order valence-electron chi connectivity index (χ0n) is 9.12. The van der Waals surface area contributed by atoms with Gasteiger partial charge >= 0.3 is 0 Å². The van der Waals surface area contributed by atoms with Crippen molar-refractivity contribution in [1.82, 2.24) is 4.90 Å². The smallest absolute Gasteiger partial charge is 0.136 e. The first-order chi connectivity index (χ1) is 6.66. The highest BCUT2D eigenvalue weighted by molar-refractivity contribution is 5.80. The number of nitrogens with zero attached hydrogens (tertiary/aromatic N) is 1. The molecule has 14 heavy (non-hydrogen) atoms. The van der Waals surface area contributed by atoms with Crippen molar-refractivity contribution < 1.29 is 4.79 Å². The van der Waals surface area contributed by atoms with Crippen LogP contribution < -0.4 is 0 Å². The zero-order valence-corrected chi connectivity index (χ0v) is 9.12. The van der Waals surface area contributed by atoms with Crippen LogP contribution in [0.25, 0.3) is 0 Å². The number of Topliss-reactive ketones (excluding diaryl/α,β-unsaturated/α-hetero) is 1. The van der Waals surface area contributed by atoms with Gasteiger partial charge in [-0.2, -0.15) is 0 Å². The van der Waals surface area contributed by atoms with Gasteiger partial charge in [0, 0.05) is 31.5 Å². The molecule has 0 unspecified atom stereocenters. The van der Waals surface area contributed by atoms with Crippen molar-refractivity contribution in [3.63, 3.8) is 0 Å². The summed E-state index contributed by atoms with van der Waals surface area (Å²) in [6.07, 6.45) is 6.33. The predicted molar refractivity (Wildman–Crippen MR) is 57.2 cm³/mol. The zero-order chi connectivity index (χ0) is 10.1. The summed E-state index contributed by atoms with van der Waals surface area (Å²) in [7, 11) is 0. The fourth-order valence-electron chi connectivity index (χ4n) is 2.65. The minimum absolute atomic E-state index is 0.478. The number of fused-ring (bicyclic) bond motifs is 2. The summed E-state index contributed by atoms with van der Waals surface area (Å²) < 4.78 is 0. The van der Waals surface area contributed by atoms with Gasteiger partial charge in [0.05, 0.1) is 0 Å². The Morgan fingerprint density at radius 3 is 2.43 bits per heavy atom. The third-order valence-electron chi connectivity index (χ3n) is 3.41. The van der Waals surface area contributed by atoms with Crippen LogP contribution in [0.2, 0.25) is 0 Å². The number of ketones is 1. The van der Waals surface area contributed by atoms with Gasteiger partial charge in [-0.1, -0.05) is 11.6 Å². The molecule has 2 atom stereocenters. The van der Waals surface area contributed by atoms with E-state index in [0.717, 1.165) is 19.4 Å². The lowest BCUT2D eigenvalue weighted by molar-refractivity contribution is -0.123. The summed E-state index contributed by atoms with van der Waals surface area (Å²) >= 11 is 0. The van der Waals surface area contributed by atoms with Gasteiger partial charge in [-0.25, -0.2) is 0 Å². The van der Waals surface area contributed by atoms with E-state index in [4.69, 9.17) is 0 Å². The molecule has 2 saturated heterocycles. The number of rotatable bonds is 2. The molecule has 2 fully saturated rings. The highest BCUT2D eigenvalue weighted by Crippen LogP contribution is 2.33. The normalized spacial score (nSPS) is 32.0. The number of piperidine rings is 1. The molecule has 78 valence electrons. The van der Waals surface area contributed by atoms with Crippen LogP contribution >= 0.6 is 0 Å². The number of hydrogen-bond acceptors (Lipinski definition) is 2. The molecule has 0 saturated carbocycles. The third kappa shape index (κ3) is 1.90. The van der Waals surface area contributed by atoms with Crippen LogP contribution in [0.15, 0.2) is 11.6 Å². The highest BCUT2D eigenvalue weighted by atomic mass is 16.1. The molecule has 0 aromatic heterocycles. The van der Waals surface area contributed by atoms with E-state index in [1.54, 1.807) is 0 Å². The Morgan fingerprint density at radius 1 is 1.36 bits per heavy atom. The van der Waals surface area contributed by atoms with Crippen molar-refractivity contribution >= 4 is 5.78 Å². The van der Waals surface area contributed by atoms with Gasteiger partial charge in [0.25, 0.3) is 0 Å². The van der Waals surface area contributed by atoms with Crippen molar-refractivity contribution in [2.75, 3.05) is 6.54 Å². The monoisotopic (exact) mass is 193 g/mol.